The zero-order chi connectivity index (χ0) is 35.8. The minimum Gasteiger partial charge on any atom is -0.389 e. The molecule has 15 heteroatoms. The molecule has 6 aromatic rings. The van der Waals surface area contributed by atoms with E-state index in [4.69, 9.17) is 11.5 Å². The van der Waals surface area contributed by atoms with Crippen LogP contribution in [-0.4, -0.2) is 66.2 Å². The fourth-order valence-corrected chi connectivity index (χ4v) is 6.96. The lowest BCUT2D eigenvalue weighted by atomic mass is 10.1. The van der Waals surface area contributed by atoms with Gasteiger partial charge < -0.3 is 30.8 Å². The lowest BCUT2D eigenvalue weighted by Gasteiger charge is -2.20. The Morgan fingerprint density at radius 2 is 1.22 bits per heavy atom. The zero-order valence-electron chi connectivity index (χ0n) is 28.4. The van der Waals surface area contributed by atoms with Crippen molar-refractivity contribution in [2.45, 2.75) is 77.3 Å². The molecule has 6 N–H and O–H groups in total. The highest BCUT2D eigenvalue weighted by atomic mass is 32.2. The third-order valence-corrected chi connectivity index (χ3v) is 9.72. The molecule has 0 aliphatic carbocycles. The zero-order valence-corrected chi connectivity index (χ0v) is 30.1. The lowest BCUT2D eigenvalue weighted by molar-refractivity contribution is 0.0615. The maximum Gasteiger partial charge on any atom is 0.152 e. The summed E-state index contributed by atoms with van der Waals surface area (Å²) in [4.78, 5) is 17.7. The summed E-state index contributed by atoms with van der Waals surface area (Å²) in [7, 11) is -1.07. The molecule has 0 spiro atoms. The average Bonchev–Trinajstić information content (AvgIpc) is 3.53. The van der Waals surface area contributed by atoms with Gasteiger partial charge in [0.05, 0.1) is 57.9 Å². The number of pyridine rings is 2. The third-order valence-electron chi connectivity index (χ3n) is 7.63. The summed E-state index contributed by atoms with van der Waals surface area (Å²) in [6.07, 6.45) is 0. The number of fused-ring (bicyclic) bond motifs is 6. The Morgan fingerprint density at radius 1 is 0.776 bits per heavy atom. The molecule has 4 heterocycles. The number of nitrogens with zero attached hydrogens (tertiary/aromatic N) is 6. The van der Waals surface area contributed by atoms with Crippen LogP contribution in [0.1, 0.15) is 53.2 Å². The van der Waals surface area contributed by atoms with Gasteiger partial charge in [0.2, 0.25) is 0 Å². The minimum absolute atomic E-state index is 0.186. The van der Waals surface area contributed by atoms with E-state index in [2.05, 4.69) is 26.9 Å². The van der Waals surface area contributed by atoms with Gasteiger partial charge >= 0.3 is 0 Å². The molecular formula is C34H42F2N8O3S2. The number of aromatic nitrogens is 6. The molecule has 49 heavy (non-hydrogen) atoms. The van der Waals surface area contributed by atoms with Crippen LogP contribution in [0.3, 0.4) is 0 Å². The Labute approximate surface area is 289 Å². The standard InChI is InChI=1S/C17H21FN4O2S.C17H21FN4OS/c1-4-25(24)8-13-21-14-15(22(13)9-17(2,3)23)11-6-5-10(18)7-12(11)20-16(14)19;1-4-24-8-13-21-14-15(22(13)9-17(2,3)23)11-6-5-10(18)7-12(11)20-16(14)19/h5-7,23H,4,8-9H2,1-3H3,(H2,19,20);5-7,23H,4,8-9H2,1-3H3,(H2,19,20). The van der Waals surface area contributed by atoms with E-state index in [1.807, 2.05) is 16.1 Å². The van der Waals surface area contributed by atoms with Gasteiger partial charge in [0.25, 0.3) is 0 Å². The number of imidazole rings is 2. The predicted molar refractivity (Wildman–Crippen MR) is 196 cm³/mol. The first kappa shape index (κ1) is 36.4. The number of thioether (sulfide) groups is 1. The molecular weight excluding hydrogens is 671 g/mol. The van der Waals surface area contributed by atoms with Crippen LogP contribution < -0.4 is 11.5 Å². The fraction of sp³-hybridized carbons (Fsp3) is 0.412. The van der Waals surface area contributed by atoms with Crippen LogP contribution in [0.15, 0.2) is 36.4 Å². The van der Waals surface area contributed by atoms with Gasteiger partial charge in [-0.15, -0.1) is 0 Å². The summed E-state index contributed by atoms with van der Waals surface area (Å²) in [5.41, 5.74) is 13.6. The molecule has 262 valence electrons. The topological polar surface area (TPSA) is 171 Å². The number of aliphatic hydroxyl groups is 2. The monoisotopic (exact) mass is 712 g/mol. The molecule has 0 fully saturated rings. The largest absolute Gasteiger partial charge is 0.389 e. The number of benzene rings is 2. The highest BCUT2D eigenvalue weighted by Gasteiger charge is 2.24. The van der Waals surface area contributed by atoms with Gasteiger partial charge in [-0.1, -0.05) is 13.8 Å². The van der Waals surface area contributed by atoms with E-state index in [0.29, 0.717) is 56.8 Å². The highest BCUT2D eigenvalue weighted by molar-refractivity contribution is 7.98. The molecule has 11 nitrogen and oxygen atoms in total. The van der Waals surface area contributed by atoms with E-state index >= 15 is 0 Å². The van der Waals surface area contributed by atoms with Crippen LogP contribution in [0.2, 0.25) is 0 Å². The van der Waals surface area contributed by atoms with Crippen molar-refractivity contribution in [1.82, 2.24) is 29.1 Å². The van der Waals surface area contributed by atoms with E-state index < -0.39 is 27.8 Å². The SMILES string of the molecule is CCS(=O)Cc1nc2c(N)nc3cc(F)ccc3c2n1CC(C)(C)O.CCSCc1nc2c(N)nc3cc(F)ccc3c2n1CC(C)(C)O. The first-order chi connectivity index (χ1) is 23.0. The Hall–Kier alpha value is -3.92. The number of hydrogen-bond donors (Lipinski definition) is 4. The van der Waals surface area contributed by atoms with Gasteiger partial charge in [-0.05, 0) is 57.7 Å². The van der Waals surface area contributed by atoms with Crippen molar-refractivity contribution in [1.29, 1.82) is 0 Å². The molecule has 0 aliphatic heterocycles. The van der Waals surface area contributed by atoms with Gasteiger partial charge in [0, 0.05) is 39.5 Å². The number of nitrogens with two attached hydrogens (primary N) is 2. The van der Waals surface area contributed by atoms with E-state index in [1.54, 1.807) is 51.6 Å². The Balaban J connectivity index is 0.000000191. The Kier molecular flexibility index (Phi) is 10.5. The van der Waals surface area contributed by atoms with Gasteiger partial charge in [0.1, 0.15) is 34.3 Å². The smallest absolute Gasteiger partial charge is 0.152 e. The van der Waals surface area contributed by atoms with Gasteiger partial charge in [-0.3, -0.25) is 4.21 Å². The van der Waals surface area contributed by atoms with Gasteiger partial charge in [0.15, 0.2) is 11.6 Å². The molecule has 6 rings (SSSR count). The highest BCUT2D eigenvalue weighted by Crippen LogP contribution is 2.33. The molecule has 4 aromatic heterocycles. The Bertz CT molecular complexity index is 2190. The first-order valence-electron chi connectivity index (χ1n) is 15.8. The van der Waals surface area contributed by atoms with Crippen molar-refractivity contribution < 1.29 is 23.2 Å². The number of anilines is 2. The van der Waals surface area contributed by atoms with E-state index in [9.17, 15) is 23.2 Å². The molecule has 0 bridgehead atoms. The average molecular weight is 713 g/mol. The van der Waals surface area contributed by atoms with Crippen molar-refractivity contribution in [3.05, 3.63) is 59.7 Å². The molecule has 0 saturated carbocycles. The summed E-state index contributed by atoms with van der Waals surface area (Å²) in [5, 5.41) is 22.1. The van der Waals surface area contributed by atoms with E-state index in [1.165, 1.54) is 24.3 Å². The van der Waals surface area contributed by atoms with E-state index in [0.717, 1.165) is 22.5 Å². The second-order valence-electron chi connectivity index (χ2n) is 13.1. The number of nitrogen functional groups attached to an aromatic ring is 2. The van der Waals surface area contributed by atoms with Crippen LogP contribution in [0.25, 0.3) is 43.9 Å². The molecule has 0 radical (unpaired) electrons. The molecule has 1 atom stereocenters. The van der Waals surface area contributed by atoms with Crippen LogP contribution in [0.4, 0.5) is 20.4 Å². The second kappa shape index (κ2) is 14.1. The lowest BCUT2D eigenvalue weighted by Crippen LogP contribution is -2.27. The maximum atomic E-state index is 13.6. The van der Waals surface area contributed by atoms with Crippen molar-refractivity contribution in [2.24, 2.45) is 0 Å². The van der Waals surface area contributed by atoms with Gasteiger partial charge in [-0.2, -0.15) is 11.8 Å². The fourth-order valence-electron chi connectivity index (χ4n) is 5.64. The summed E-state index contributed by atoms with van der Waals surface area (Å²) in [6, 6.07) is 8.76. The van der Waals surface area contributed by atoms with Crippen LogP contribution in [0, 0.1) is 11.6 Å². The normalized spacial score (nSPS) is 13.0. The molecule has 0 amide bonds. The minimum atomic E-state index is -1.07. The van der Waals surface area contributed by atoms with Crippen LogP contribution >= 0.6 is 11.8 Å². The van der Waals surface area contributed by atoms with Crippen LogP contribution in [0.5, 0.6) is 0 Å². The van der Waals surface area contributed by atoms with Crippen LogP contribution in [-0.2, 0) is 35.4 Å². The number of rotatable bonds is 10. The first-order valence-corrected chi connectivity index (χ1v) is 18.5. The summed E-state index contributed by atoms with van der Waals surface area (Å²) in [5.74, 6) is 3.55. The third kappa shape index (κ3) is 8.11. The quantitative estimate of drug-likeness (QED) is 0.139. The number of hydrogen-bond acceptors (Lipinski definition) is 10. The van der Waals surface area contributed by atoms with Crippen molar-refractivity contribution in [3.63, 3.8) is 0 Å². The van der Waals surface area contributed by atoms with Crippen molar-refractivity contribution >= 4 is 78.1 Å². The maximum absolute atomic E-state index is 13.6. The molecule has 2 aromatic carbocycles. The van der Waals surface area contributed by atoms with Crippen molar-refractivity contribution in [2.75, 3.05) is 23.0 Å². The Morgan fingerprint density at radius 3 is 1.65 bits per heavy atom. The second-order valence-corrected chi connectivity index (χ2v) is 16.1. The molecule has 0 aliphatic rings. The summed E-state index contributed by atoms with van der Waals surface area (Å²) < 4.78 is 43.0. The van der Waals surface area contributed by atoms with Gasteiger partial charge in [-0.25, -0.2) is 28.7 Å². The predicted octanol–water partition coefficient (Wildman–Crippen LogP) is 5.68. The summed E-state index contributed by atoms with van der Waals surface area (Å²) in [6.45, 7) is 11.4. The van der Waals surface area contributed by atoms with Crippen molar-refractivity contribution in [3.8, 4) is 0 Å². The summed E-state index contributed by atoms with van der Waals surface area (Å²) >= 11 is 1.74. The number of halogens is 2. The van der Waals surface area contributed by atoms with E-state index in [-0.39, 0.29) is 29.8 Å². The molecule has 0 saturated heterocycles. The molecule has 1 unspecified atom stereocenters.